The number of aliphatic hydroxyl groups is 1. The van der Waals surface area contributed by atoms with Crippen molar-refractivity contribution in [3.8, 4) is 0 Å². The Labute approximate surface area is 133 Å². The van der Waals surface area contributed by atoms with E-state index < -0.39 is 10.8 Å². The van der Waals surface area contributed by atoms with Gasteiger partial charge < -0.3 is 10.4 Å². The van der Waals surface area contributed by atoms with Crippen LogP contribution in [0, 0.1) is 17.0 Å². The average molecular weight is 314 g/mol. The third kappa shape index (κ3) is 3.73. The van der Waals surface area contributed by atoms with Crippen LogP contribution in [0.2, 0.25) is 0 Å². The molecule has 2 N–H and O–H groups in total. The number of hydrogen-bond acceptors (Lipinski definition) is 4. The molecule has 1 amide bonds. The van der Waals surface area contributed by atoms with Crippen molar-refractivity contribution in [2.24, 2.45) is 0 Å². The minimum atomic E-state index is -0.479. The van der Waals surface area contributed by atoms with Gasteiger partial charge in [0.25, 0.3) is 11.6 Å². The van der Waals surface area contributed by atoms with E-state index in [1.165, 1.54) is 6.07 Å². The van der Waals surface area contributed by atoms with Gasteiger partial charge in [0, 0.05) is 22.9 Å². The van der Waals surface area contributed by atoms with E-state index in [4.69, 9.17) is 0 Å². The van der Waals surface area contributed by atoms with E-state index in [1.54, 1.807) is 30.3 Å². The lowest BCUT2D eigenvalue weighted by Gasteiger charge is -2.10. The monoisotopic (exact) mass is 314 g/mol. The van der Waals surface area contributed by atoms with Crippen LogP contribution in [-0.2, 0) is 13.0 Å². The maximum Gasteiger partial charge on any atom is 0.273 e. The number of benzene rings is 2. The number of carbonyl (C=O) groups excluding carboxylic acids is 1. The SMILES string of the molecule is CCc1ccc(C(=O)Nc2cc(CO)ccc2C)cc1[N+](=O)[O-]. The second-order valence-electron chi connectivity index (χ2n) is 5.22. The molecule has 23 heavy (non-hydrogen) atoms. The van der Waals surface area contributed by atoms with Crippen LogP contribution in [0.15, 0.2) is 36.4 Å². The Morgan fingerprint density at radius 2 is 2.00 bits per heavy atom. The molecule has 0 aliphatic carbocycles. The molecule has 2 rings (SSSR count). The molecule has 0 saturated carbocycles. The van der Waals surface area contributed by atoms with Crippen LogP contribution < -0.4 is 5.32 Å². The summed E-state index contributed by atoms with van der Waals surface area (Å²) in [5.74, 6) is -0.422. The quantitative estimate of drug-likeness (QED) is 0.654. The summed E-state index contributed by atoms with van der Waals surface area (Å²) in [6, 6.07) is 9.72. The van der Waals surface area contributed by atoms with E-state index in [0.29, 0.717) is 23.2 Å². The van der Waals surface area contributed by atoms with E-state index in [1.807, 2.05) is 13.8 Å². The molecule has 6 nitrogen and oxygen atoms in total. The van der Waals surface area contributed by atoms with Crippen molar-refractivity contribution in [3.05, 3.63) is 68.8 Å². The molecule has 0 saturated heterocycles. The Morgan fingerprint density at radius 1 is 1.26 bits per heavy atom. The van der Waals surface area contributed by atoms with E-state index in [9.17, 15) is 20.0 Å². The number of nitrogens with one attached hydrogen (secondary N) is 1. The highest BCUT2D eigenvalue weighted by Gasteiger charge is 2.17. The van der Waals surface area contributed by atoms with Crippen molar-refractivity contribution in [2.75, 3.05) is 5.32 Å². The number of anilines is 1. The predicted octanol–water partition coefficient (Wildman–Crippen LogP) is 3.21. The van der Waals surface area contributed by atoms with Gasteiger partial charge in [-0.05, 0) is 36.6 Å². The molecule has 0 fully saturated rings. The summed E-state index contributed by atoms with van der Waals surface area (Å²) in [5.41, 5.74) is 2.85. The van der Waals surface area contributed by atoms with Gasteiger partial charge in [-0.3, -0.25) is 14.9 Å². The maximum atomic E-state index is 12.3. The second kappa shape index (κ2) is 7.02. The number of nitrogens with zero attached hydrogens (tertiary/aromatic N) is 1. The first-order valence-electron chi connectivity index (χ1n) is 7.25. The van der Waals surface area contributed by atoms with Crippen LogP contribution in [0.1, 0.15) is 34.0 Å². The fourth-order valence-corrected chi connectivity index (χ4v) is 2.27. The van der Waals surface area contributed by atoms with Crippen LogP contribution in [0.4, 0.5) is 11.4 Å². The summed E-state index contributed by atoms with van der Waals surface area (Å²) in [6.45, 7) is 3.53. The molecule has 0 aliphatic rings. The molecule has 0 aromatic heterocycles. The van der Waals surface area contributed by atoms with Gasteiger partial charge in [-0.2, -0.15) is 0 Å². The number of rotatable bonds is 5. The first-order chi connectivity index (χ1) is 11.0. The molecular weight excluding hydrogens is 296 g/mol. The van der Waals surface area contributed by atoms with Gasteiger partial charge >= 0.3 is 0 Å². The smallest absolute Gasteiger partial charge is 0.273 e. The fraction of sp³-hybridized carbons (Fsp3) is 0.235. The number of carbonyl (C=O) groups is 1. The minimum Gasteiger partial charge on any atom is -0.392 e. The number of aryl methyl sites for hydroxylation is 2. The van der Waals surface area contributed by atoms with Gasteiger partial charge in [0.2, 0.25) is 0 Å². The van der Waals surface area contributed by atoms with Crippen LogP contribution in [-0.4, -0.2) is 15.9 Å². The van der Waals surface area contributed by atoms with E-state index >= 15 is 0 Å². The van der Waals surface area contributed by atoms with Gasteiger partial charge in [-0.15, -0.1) is 0 Å². The molecule has 0 atom stereocenters. The number of amides is 1. The van der Waals surface area contributed by atoms with Crippen LogP contribution in [0.5, 0.6) is 0 Å². The number of hydrogen-bond donors (Lipinski definition) is 2. The van der Waals surface area contributed by atoms with Crippen molar-refractivity contribution in [1.29, 1.82) is 0 Å². The molecule has 0 aliphatic heterocycles. The van der Waals surface area contributed by atoms with Crippen molar-refractivity contribution >= 4 is 17.3 Å². The highest BCUT2D eigenvalue weighted by Crippen LogP contribution is 2.23. The van der Waals surface area contributed by atoms with E-state index in [0.717, 1.165) is 5.56 Å². The molecule has 0 spiro atoms. The Hall–Kier alpha value is -2.73. The van der Waals surface area contributed by atoms with E-state index in [-0.39, 0.29) is 17.9 Å². The highest BCUT2D eigenvalue weighted by atomic mass is 16.6. The van der Waals surface area contributed by atoms with Crippen molar-refractivity contribution < 1.29 is 14.8 Å². The number of nitro groups is 1. The van der Waals surface area contributed by atoms with Crippen molar-refractivity contribution in [1.82, 2.24) is 0 Å². The van der Waals surface area contributed by atoms with Gasteiger partial charge in [0.05, 0.1) is 11.5 Å². The summed E-state index contributed by atoms with van der Waals surface area (Å²) < 4.78 is 0. The lowest BCUT2D eigenvalue weighted by Crippen LogP contribution is -2.13. The second-order valence-corrected chi connectivity index (χ2v) is 5.22. The van der Waals surface area contributed by atoms with E-state index in [2.05, 4.69) is 5.32 Å². The van der Waals surface area contributed by atoms with Crippen molar-refractivity contribution in [2.45, 2.75) is 26.9 Å². The molecular formula is C17H18N2O4. The van der Waals surface area contributed by atoms with Crippen LogP contribution in [0.3, 0.4) is 0 Å². The minimum absolute atomic E-state index is 0.0546. The highest BCUT2D eigenvalue weighted by molar-refractivity contribution is 6.05. The molecule has 0 heterocycles. The number of aliphatic hydroxyl groups excluding tert-OH is 1. The lowest BCUT2D eigenvalue weighted by molar-refractivity contribution is -0.385. The average Bonchev–Trinajstić information content (AvgIpc) is 2.56. The summed E-state index contributed by atoms with van der Waals surface area (Å²) in [7, 11) is 0. The molecule has 0 radical (unpaired) electrons. The van der Waals surface area contributed by atoms with Crippen molar-refractivity contribution in [3.63, 3.8) is 0 Å². The topological polar surface area (TPSA) is 92.5 Å². The third-order valence-electron chi connectivity index (χ3n) is 3.66. The Morgan fingerprint density at radius 3 is 2.61 bits per heavy atom. The standard InChI is InChI=1S/C17H18N2O4/c1-3-13-6-7-14(9-16(13)19(22)23)17(21)18-15-8-12(10-20)5-4-11(15)2/h4-9,20H,3,10H2,1-2H3,(H,18,21). The molecule has 0 unspecified atom stereocenters. The summed E-state index contributed by atoms with van der Waals surface area (Å²) in [4.78, 5) is 23.0. The van der Waals surface area contributed by atoms with Crippen LogP contribution >= 0.6 is 0 Å². The molecule has 0 bridgehead atoms. The maximum absolute atomic E-state index is 12.3. The largest absolute Gasteiger partial charge is 0.392 e. The normalized spacial score (nSPS) is 10.4. The van der Waals surface area contributed by atoms with Gasteiger partial charge in [0.15, 0.2) is 0 Å². The molecule has 6 heteroatoms. The first-order valence-corrected chi connectivity index (χ1v) is 7.25. The zero-order chi connectivity index (χ0) is 17.0. The Kier molecular flexibility index (Phi) is 5.08. The van der Waals surface area contributed by atoms with Gasteiger partial charge in [-0.1, -0.05) is 25.1 Å². The summed E-state index contributed by atoms with van der Waals surface area (Å²) in [5, 5.41) is 23.0. The zero-order valence-corrected chi connectivity index (χ0v) is 13.0. The number of nitro benzene ring substituents is 1. The zero-order valence-electron chi connectivity index (χ0n) is 13.0. The molecule has 2 aromatic carbocycles. The first kappa shape index (κ1) is 16.6. The lowest BCUT2D eigenvalue weighted by atomic mass is 10.1. The summed E-state index contributed by atoms with van der Waals surface area (Å²) in [6.07, 6.45) is 0.524. The summed E-state index contributed by atoms with van der Waals surface area (Å²) >= 11 is 0. The Balaban J connectivity index is 2.31. The van der Waals surface area contributed by atoms with Gasteiger partial charge in [0.1, 0.15) is 0 Å². The Bertz CT molecular complexity index is 756. The predicted molar refractivity (Wildman–Crippen MR) is 87.5 cm³/mol. The molecule has 2 aromatic rings. The third-order valence-corrected chi connectivity index (χ3v) is 3.66. The fourth-order valence-electron chi connectivity index (χ4n) is 2.27. The van der Waals surface area contributed by atoms with Crippen LogP contribution in [0.25, 0.3) is 0 Å². The van der Waals surface area contributed by atoms with Gasteiger partial charge in [-0.25, -0.2) is 0 Å². The molecule has 120 valence electrons.